The summed E-state index contributed by atoms with van der Waals surface area (Å²) in [7, 11) is -1.43. The van der Waals surface area contributed by atoms with Gasteiger partial charge in [0.15, 0.2) is 5.96 Å². The summed E-state index contributed by atoms with van der Waals surface area (Å²) in [6.07, 6.45) is 1.24. The van der Waals surface area contributed by atoms with E-state index in [0.717, 1.165) is 19.0 Å². The van der Waals surface area contributed by atoms with Gasteiger partial charge in [-0.3, -0.25) is 4.99 Å². The zero-order valence-electron chi connectivity index (χ0n) is 15.1. The molecule has 1 aliphatic rings. The largest absolute Gasteiger partial charge is 0.355 e. The molecule has 0 aromatic carbocycles. The Labute approximate surface area is 159 Å². The summed E-state index contributed by atoms with van der Waals surface area (Å²) in [6, 6.07) is 0. The fraction of sp³-hybridized carbons (Fsp3) is 0.933. The number of rotatable bonds is 6. The highest BCUT2D eigenvalue weighted by Crippen LogP contribution is 2.20. The van der Waals surface area contributed by atoms with Crippen LogP contribution >= 0.6 is 24.0 Å². The molecule has 138 valence electrons. The van der Waals surface area contributed by atoms with Crippen LogP contribution in [0.25, 0.3) is 0 Å². The highest BCUT2D eigenvalue weighted by Gasteiger charge is 2.24. The molecular weight excluding hydrogens is 427 g/mol. The van der Waals surface area contributed by atoms with Gasteiger partial charge in [0.05, 0.1) is 5.75 Å². The summed E-state index contributed by atoms with van der Waals surface area (Å²) >= 11 is 0. The summed E-state index contributed by atoms with van der Waals surface area (Å²) in [5.41, 5.74) is 0. The van der Waals surface area contributed by atoms with Crippen LogP contribution in [0.5, 0.6) is 0 Å². The molecule has 0 radical (unpaired) electrons. The maximum absolute atomic E-state index is 12.2. The molecule has 0 saturated carbocycles. The summed E-state index contributed by atoms with van der Waals surface area (Å²) in [6.45, 7) is 11.6. The van der Waals surface area contributed by atoms with Crippen molar-refractivity contribution < 1.29 is 8.42 Å². The molecule has 1 N–H and O–H groups in total. The molecule has 0 aliphatic carbocycles. The molecule has 1 saturated heterocycles. The average Bonchev–Trinajstić information content (AvgIpc) is 2.43. The van der Waals surface area contributed by atoms with Gasteiger partial charge >= 0.3 is 0 Å². The Bertz CT molecular complexity index is 456. The van der Waals surface area contributed by atoms with Crippen molar-refractivity contribution in [3.05, 3.63) is 0 Å². The fourth-order valence-electron chi connectivity index (χ4n) is 3.21. The zero-order valence-corrected chi connectivity index (χ0v) is 18.2. The average molecular weight is 460 g/mol. The summed E-state index contributed by atoms with van der Waals surface area (Å²) in [5.74, 6) is 2.20. The van der Waals surface area contributed by atoms with Gasteiger partial charge in [-0.15, -0.1) is 24.0 Å². The van der Waals surface area contributed by atoms with Crippen LogP contribution in [-0.4, -0.2) is 69.1 Å². The van der Waals surface area contributed by atoms with Crippen LogP contribution in [-0.2, 0) is 10.0 Å². The van der Waals surface area contributed by atoms with Crippen LogP contribution in [0.1, 0.15) is 34.1 Å². The molecule has 1 heterocycles. The minimum atomic E-state index is -3.18. The normalized spacial score (nSPS) is 22.9. The predicted octanol–water partition coefficient (Wildman–Crippen LogP) is 1.83. The Hall–Kier alpha value is -0.0900. The first kappa shape index (κ1) is 22.9. The minimum Gasteiger partial charge on any atom is -0.355 e. The molecule has 1 aliphatic heterocycles. The molecule has 0 bridgehead atoms. The van der Waals surface area contributed by atoms with E-state index >= 15 is 0 Å². The zero-order chi connectivity index (χ0) is 16.8. The molecule has 1 rings (SSSR count). The number of guanidine groups is 1. The molecule has 6 nitrogen and oxygen atoms in total. The number of hydrogen-bond acceptors (Lipinski definition) is 3. The Morgan fingerprint density at radius 2 is 1.74 bits per heavy atom. The van der Waals surface area contributed by atoms with Gasteiger partial charge < -0.3 is 10.2 Å². The highest BCUT2D eigenvalue weighted by molar-refractivity contribution is 14.0. The lowest BCUT2D eigenvalue weighted by Gasteiger charge is -2.37. The number of halogens is 1. The van der Waals surface area contributed by atoms with E-state index in [1.54, 1.807) is 7.05 Å². The van der Waals surface area contributed by atoms with E-state index in [0.29, 0.717) is 31.5 Å². The van der Waals surface area contributed by atoms with Gasteiger partial charge in [-0.25, -0.2) is 12.7 Å². The summed E-state index contributed by atoms with van der Waals surface area (Å²) in [4.78, 5) is 6.55. The monoisotopic (exact) mass is 460 g/mol. The van der Waals surface area contributed by atoms with E-state index < -0.39 is 10.0 Å². The van der Waals surface area contributed by atoms with Crippen molar-refractivity contribution in [2.75, 3.05) is 45.5 Å². The quantitative estimate of drug-likeness (QED) is 0.373. The lowest BCUT2D eigenvalue weighted by molar-refractivity contribution is 0.209. The number of piperidine rings is 1. The van der Waals surface area contributed by atoms with E-state index in [2.05, 4.69) is 29.1 Å². The third-order valence-electron chi connectivity index (χ3n) is 4.12. The predicted molar refractivity (Wildman–Crippen MR) is 108 cm³/mol. The smallest absolute Gasteiger partial charge is 0.215 e. The Balaban J connectivity index is 0.00000484. The maximum Gasteiger partial charge on any atom is 0.215 e. The molecular formula is C15H33IN4O2S. The molecule has 0 aromatic rings. The number of sulfonamides is 1. The topological polar surface area (TPSA) is 65.0 Å². The molecule has 8 heteroatoms. The number of nitrogens with zero attached hydrogens (tertiary/aromatic N) is 3. The lowest BCUT2D eigenvalue weighted by atomic mass is 9.92. The summed E-state index contributed by atoms with van der Waals surface area (Å²) < 4.78 is 25.9. The highest BCUT2D eigenvalue weighted by atomic mass is 127. The maximum atomic E-state index is 12.2. The first-order valence-electron chi connectivity index (χ1n) is 8.27. The van der Waals surface area contributed by atoms with Crippen LogP contribution in [0.3, 0.4) is 0 Å². The SMILES string of the molecule is CCN(CC)S(=O)(=O)CCNC(=NC)N1CC(C)CC(C)C1.I. The number of aliphatic imine (C=N–C) groups is 1. The fourth-order valence-corrected chi connectivity index (χ4v) is 4.61. The molecule has 23 heavy (non-hydrogen) atoms. The Kier molecular flexibility index (Phi) is 10.7. The van der Waals surface area contributed by atoms with Crippen molar-refractivity contribution in [2.24, 2.45) is 16.8 Å². The minimum absolute atomic E-state index is 0. The van der Waals surface area contributed by atoms with Gasteiger partial charge in [-0.05, 0) is 18.3 Å². The lowest BCUT2D eigenvalue weighted by Crippen LogP contribution is -2.49. The third kappa shape index (κ3) is 7.13. The van der Waals surface area contributed by atoms with E-state index in [9.17, 15) is 8.42 Å². The first-order chi connectivity index (χ1) is 10.3. The van der Waals surface area contributed by atoms with Crippen LogP contribution in [0.4, 0.5) is 0 Å². The van der Waals surface area contributed by atoms with Crippen molar-refractivity contribution in [2.45, 2.75) is 34.1 Å². The number of likely N-dealkylation sites (tertiary alicyclic amines) is 1. The van der Waals surface area contributed by atoms with E-state index in [1.807, 2.05) is 13.8 Å². The van der Waals surface area contributed by atoms with Crippen LogP contribution in [0, 0.1) is 11.8 Å². The standard InChI is InChI=1S/C15H32N4O2S.HI/c1-6-19(7-2)22(20,21)9-8-17-15(16-5)18-11-13(3)10-14(4)12-18;/h13-14H,6-12H2,1-5H3,(H,16,17);1H. The third-order valence-corrected chi connectivity index (χ3v) is 6.15. The van der Waals surface area contributed by atoms with Crippen molar-refractivity contribution in [1.29, 1.82) is 0 Å². The van der Waals surface area contributed by atoms with Gasteiger partial charge in [-0.2, -0.15) is 0 Å². The second kappa shape index (κ2) is 10.7. The molecule has 2 atom stereocenters. The molecule has 0 spiro atoms. The second-order valence-corrected chi connectivity index (χ2v) is 8.31. The van der Waals surface area contributed by atoms with Crippen molar-refractivity contribution in [3.63, 3.8) is 0 Å². The molecule has 1 fully saturated rings. The Morgan fingerprint density at radius 3 is 2.17 bits per heavy atom. The van der Waals surface area contributed by atoms with E-state index in [-0.39, 0.29) is 29.7 Å². The van der Waals surface area contributed by atoms with Gasteiger partial charge in [0.2, 0.25) is 10.0 Å². The summed E-state index contributed by atoms with van der Waals surface area (Å²) in [5, 5.41) is 3.21. The van der Waals surface area contributed by atoms with Crippen LogP contribution in [0.2, 0.25) is 0 Å². The molecule has 0 aromatic heterocycles. The first-order valence-corrected chi connectivity index (χ1v) is 9.88. The number of nitrogens with one attached hydrogen (secondary N) is 1. The van der Waals surface area contributed by atoms with E-state index in [4.69, 9.17) is 0 Å². The van der Waals surface area contributed by atoms with Crippen molar-refractivity contribution in [1.82, 2.24) is 14.5 Å². The molecule has 2 unspecified atom stereocenters. The van der Waals surface area contributed by atoms with Gasteiger partial charge in [0, 0.05) is 39.8 Å². The van der Waals surface area contributed by atoms with E-state index in [1.165, 1.54) is 10.7 Å². The van der Waals surface area contributed by atoms with Crippen LogP contribution < -0.4 is 5.32 Å². The van der Waals surface area contributed by atoms with Gasteiger partial charge in [0.1, 0.15) is 0 Å². The van der Waals surface area contributed by atoms with Crippen LogP contribution in [0.15, 0.2) is 4.99 Å². The number of hydrogen-bond donors (Lipinski definition) is 1. The van der Waals surface area contributed by atoms with Crippen molar-refractivity contribution in [3.8, 4) is 0 Å². The van der Waals surface area contributed by atoms with Crippen molar-refractivity contribution >= 4 is 40.0 Å². The van der Waals surface area contributed by atoms with Gasteiger partial charge in [0.25, 0.3) is 0 Å². The Morgan fingerprint density at radius 1 is 1.22 bits per heavy atom. The molecule has 0 amide bonds. The van der Waals surface area contributed by atoms with Gasteiger partial charge in [-0.1, -0.05) is 27.7 Å². The second-order valence-electron chi connectivity index (χ2n) is 6.23.